The lowest BCUT2D eigenvalue weighted by Gasteiger charge is -2.17. The molecule has 0 unspecified atom stereocenters. The van der Waals surface area contributed by atoms with Crippen LogP contribution in [-0.4, -0.2) is 36.3 Å². The van der Waals surface area contributed by atoms with Crippen molar-refractivity contribution in [2.45, 2.75) is 14.0 Å². The van der Waals surface area contributed by atoms with Crippen molar-refractivity contribution in [2.24, 2.45) is 0 Å². The number of hydrogen-bond donors (Lipinski definition) is 2. The van der Waals surface area contributed by atoms with Crippen LogP contribution in [0.1, 0.15) is 13.0 Å². The van der Waals surface area contributed by atoms with E-state index in [2.05, 4.69) is 77.3 Å². The quantitative estimate of drug-likeness (QED) is 0.171. The molecule has 0 amide bonds. The van der Waals surface area contributed by atoms with Gasteiger partial charge >= 0.3 is 0 Å². The second-order valence-corrected chi connectivity index (χ2v) is 10.6. The fourth-order valence-electron chi connectivity index (χ4n) is 4.92. The Morgan fingerprint density at radius 3 is 1.98 bits per heavy atom. The van der Waals surface area contributed by atoms with E-state index in [4.69, 9.17) is 4.74 Å². The van der Waals surface area contributed by atoms with Crippen LogP contribution < -0.4 is 5.32 Å². The number of anilines is 1. The second-order valence-electron chi connectivity index (χ2n) is 10.6. The third-order valence-electron chi connectivity index (χ3n) is 7.34. The third-order valence-corrected chi connectivity index (χ3v) is 7.34. The Hall–Kier alpha value is -6.38. The Labute approximate surface area is 286 Å². The number of H-pyrrole nitrogens is 1. The van der Waals surface area contributed by atoms with Crippen LogP contribution in [0.5, 0.6) is 0 Å². The van der Waals surface area contributed by atoms with E-state index in [1.165, 1.54) is 27.7 Å². The van der Waals surface area contributed by atoms with Crippen molar-refractivity contribution in [3.8, 4) is 0 Å². The number of aromatic amines is 1. The molecule has 0 bridgehead atoms. The van der Waals surface area contributed by atoms with Gasteiger partial charge in [-0.2, -0.15) is 10.2 Å². The Kier molecular flexibility index (Phi) is 12.5. The third kappa shape index (κ3) is 9.81. The summed E-state index contributed by atoms with van der Waals surface area (Å²) in [5.74, 6) is 0. The number of benzene rings is 4. The largest absolute Gasteiger partial charge is 0.362 e. The first-order valence-electron chi connectivity index (χ1n) is 15.6. The first kappa shape index (κ1) is 34.0. The zero-order chi connectivity index (χ0) is 32.6. The van der Waals surface area contributed by atoms with Gasteiger partial charge in [0, 0.05) is 58.7 Å². The minimum atomic E-state index is 0. The Morgan fingerprint density at radius 1 is 0.571 bits per heavy atom. The van der Waals surface area contributed by atoms with E-state index in [1.807, 2.05) is 116 Å². The number of ether oxygens (including phenoxy) is 1. The lowest BCUT2D eigenvalue weighted by atomic mass is 10.2. The summed E-state index contributed by atoms with van der Waals surface area (Å²) < 4.78 is 7.27. The summed E-state index contributed by atoms with van der Waals surface area (Å²) in [5, 5.41) is 13.2. The summed E-state index contributed by atoms with van der Waals surface area (Å²) in [6.07, 6.45) is 11.1. The lowest BCUT2D eigenvalue weighted by Crippen LogP contribution is -2.13. The van der Waals surface area contributed by atoms with Gasteiger partial charge in [-0.1, -0.05) is 80.2 Å². The molecule has 0 atom stereocenters. The highest BCUT2D eigenvalue weighted by Gasteiger charge is 2.05. The van der Waals surface area contributed by atoms with E-state index in [0.717, 1.165) is 28.5 Å². The van der Waals surface area contributed by atoms with Crippen LogP contribution in [0.2, 0.25) is 0 Å². The molecule has 4 aromatic carbocycles. The molecular weight excluding hydrogens is 606 g/mol. The maximum absolute atomic E-state index is 5.18. The van der Waals surface area contributed by atoms with Gasteiger partial charge in [0.25, 0.3) is 0 Å². The Morgan fingerprint density at radius 2 is 1.22 bits per heavy atom. The van der Waals surface area contributed by atoms with Crippen LogP contribution in [0.4, 0.5) is 5.69 Å². The molecule has 8 heteroatoms. The van der Waals surface area contributed by atoms with E-state index < -0.39 is 0 Å². The normalized spacial score (nSPS) is 11.0. The number of nitrogens with one attached hydrogen (secondary N) is 2. The molecule has 49 heavy (non-hydrogen) atoms. The molecule has 1 aliphatic rings. The van der Waals surface area contributed by atoms with Crippen LogP contribution in [-0.2, 0) is 11.3 Å². The monoisotopic (exact) mass is 645 g/mol. The molecule has 0 radical (unpaired) electrons. The summed E-state index contributed by atoms with van der Waals surface area (Å²) in [5.41, 5.74) is 7.75. The molecular formula is C41H39N7O. The molecule has 5 aromatic heterocycles. The van der Waals surface area contributed by atoms with Crippen LogP contribution in [0, 0.1) is 0 Å². The zero-order valence-electron chi connectivity index (χ0n) is 26.3. The number of para-hydroxylation sites is 4. The van der Waals surface area contributed by atoms with Crippen molar-refractivity contribution in [3.63, 3.8) is 0 Å². The minimum Gasteiger partial charge on any atom is -0.362 e. The smallest absolute Gasteiger partial charge is 0.116 e. The highest BCUT2D eigenvalue weighted by Crippen LogP contribution is 2.18. The molecule has 0 spiro atoms. The van der Waals surface area contributed by atoms with Gasteiger partial charge in [-0.3, -0.25) is 9.97 Å². The molecule has 1 aliphatic heterocycles. The molecule has 0 saturated heterocycles. The molecule has 10 rings (SSSR count). The van der Waals surface area contributed by atoms with Gasteiger partial charge in [0.15, 0.2) is 0 Å². The Balaban J connectivity index is 0.000000119. The predicted molar refractivity (Wildman–Crippen MR) is 201 cm³/mol. The maximum atomic E-state index is 5.18. The highest BCUT2D eigenvalue weighted by molar-refractivity contribution is 5.79. The minimum absolute atomic E-state index is 0. The summed E-state index contributed by atoms with van der Waals surface area (Å²) >= 11 is 0. The Bertz CT molecular complexity index is 1940. The maximum Gasteiger partial charge on any atom is 0.116 e. The average molecular weight is 646 g/mol. The van der Waals surface area contributed by atoms with Gasteiger partial charge in [0.05, 0.1) is 29.4 Å². The van der Waals surface area contributed by atoms with Gasteiger partial charge in [0.2, 0.25) is 0 Å². The van der Waals surface area contributed by atoms with Crippen LogP contribution in [0.25, 0.3) is 38.4 Å². The summed E-state index contributed by atoms with van der Waals surface area (Å²) in [4.78, 5) is 11.4. The van der Waals surface area contributed by atoms with Crippen molar-refractivity contribution < 1.29 is 4.74 Å². The molecule has 2 N–H and O–H groups in total. The summed E-state index contributed by atoms with van der Waals surface area (Å²) in [6, 6.07) is 46.4. The van der Waals surface area contributed by atoms with E-state index in [0.29, 0.717) is 6.73 Å². The number of rotatable bonds is 0. The van der Waals surface area contributed by atoms with Crippen LogP contribution in [0.15, 0.2) is 177 Å². The van der Waals surface area contributed by atoms with Gasteiger partial charge in [-0.15, -0.1) is 0 Å². The van der Waals surface area contributed by atoms with E-state index in [1.54, 1.807) is 18.6 Å². The second kappa shape index (κ2) is 18.1. The zero-order valence-corrected chi connectivity index (χ0v) is 26.3. The highest BCUT2D eigenvalue weighted by atomic mass is 16.5. The van der Waals surface area contributed by atoms with Gasteiger partial charge in [-0.25, -0.2) is 0 Å². The van der Waals surface area contributed by atoms with Crippen molar-refractivity contribution in [1.29, 1.82) is 0 Å². The SMILES string of the molecule is C.c1ccc2[nH]ccc2c1.c1ccc2c(c1)COCN2.c1ccc2nccnc2c1.c1ccc2nnccc2c1.c1ccn2cccc2c1. The predicted octanol–water partition coefficient (Wildman–Crippen LogP) is 9.59. The summed E-state index contributed by atoms with van der Waals surface area (Å²) in [6.45, 7) is 1.38. The van der Waals surface area contributed by atoms with Gasteiger partial charge in [0.1, 0.15) is 6.73 Å². The van der Waals surface area contributed by atoms with E-state index >= 15 is 0 Å². The molecule has 0 aliphatic carbocycles. The van der Waals surface area contributed by atoms with Gasteiger partial charge in [-0.05, 0) is 72.1 Å². The summed E-state index contributed by atoms with van der Waals surface area (Å²) in [7, 11) is 0. The molecule has 0 saturated carbocycles. The van der Waals surface area contributed by atoms with Crippen molar-refractivity contribution in [1.82, 2.24) is 29.5 Å². The molecule has 0 fully saturated rings. The average Bonchev–Trinajstić information content (AvgIpc) is 3.87. The number of nitrogens with zero attached hydrogens (tertiary/aromatic N) is 5. The van der Waals surface area contributed by atoms with Crippen molar-refractivity contribution in [3.05, 3.63) is 182 Å². The molecule has 244 valence electrons. The fraction of sp³-hybridized carbons (Fsp3) is 0.0732. The van der Waals surface area contributed by atoms with E-state index in [-0.39, 0.29) is 7.43 Å². The van der Waals surface area contributed by atoms with Crippen LogP contribution >= 0.6 is 0 Å². The first-order valence-corrected chi connectivity index (χ1v) is 15.6. The van der Waals surface area contributed by atoms with Crippen LogP contribution in [0.3, 0.4) is 0 Å². The number of fused-ring (bicyclic) bond motifs is 5. The molecule has 6 heterocycles. The number of pyridine rings is 1. The fourth-order valence-corrected chi connectivity index (χ4v) is 4.92. The first-order chi connectivity index (χ1) is 23.8. The van der Waals surface area contributed by atoms with Crippen molar-refractivity contribution >= 4 is 44.0 Å². The molecule has 8 nitrogen and oxygen atoms in total. The standard InChI is InChI=1S/2C8H6N2.C8H9NO.2C8H7N.CH4/c1-2-4-8-7(3-1)9-5-6-10-8;1-2-4-8-7(3-1)5-6-9-10-8;1-2-4-8-7(3-1)5-10-6-9-8;1-2-6-9-7-3-5-8(9)4-1;1-2-4-8-7(3-1)5-6-9-8;/h2*1-6H;1-4,9H,5-6H2;1-7H;1-6,9H;1H4. The topological polar surface area (TPSA) is 93.0 Å². The van der Waals surface area contributed by atoms with Crippen molar-refractivity contribution in [2.75, 3.05) is 12.0 Å². The number of hydrogen-bond acceptors (Lipinski definition) is 6. The lowest BCUT2D eigenvalue weighted by molar-refractivity contribution is 0.130. The molecule has 9 aromatic rings. The van der Waals surface area contributed by atoms with E-state index in [9.17, 15) is 0 Å². The van der Waals surface area contributed by atoms with Gasteiger partial charge < -0.3 is 19.4 Å². The number of aromatic nitrogens is 6.